The Bertz CT molecular complexity index is 3130. The molecule has 0 fully saturated rings. The predicted molar refractivity (Wildman–Crippen MR) is 354 cm³/mol. The molecule has 0 amide bonds. The summed E-state index contributed by atoms with van der Waals surface area (Å²) in [6.07, 6.45) is 1.67. The van der Waals surface area contributed by atoms with Crippen LogP contribution in [0.15, 0.2) is 72.8 Å². The second-order valence-corrected chi connectivity index (χ2v) is 30.0. The van der Waals surface area contributed by atoms with Crippen LogP contribution in [0.25, 0.3) is 0 Å². The van der Waals surface area contributed by atoms with Gasteiger partial charge in [0.1, 0.15) is 70.9 Å². The normalized spacial score (nSPS) is 12.9. The molecule has 0 radical (unpaired) electrons. The lowest BCUT2D eigenvalue weighted by Gasteiger charge is -2.29. The van der Waals surface area contributed by atoms with E-state index in [2.05, 4.69) is 234 Å². The van der Waals surface area contributed by atoms with Crippen molar-refractivity contribution in [3.8, 4) is 70.9 Å². The second kappa shape index (κ2) is 27.4. The van der Waals surface area contributed by atoms with Gasteiger partial charge < -0.3 is 28.4 Å². The van der Waals surface area contributed by atoms with E-state index in [-0.39, 0.29) is 111 Å². The molecule has 7 rings (SSSR count). The number of benzene rings is 6. The van der Waals surface area contributed by atoms with Gasteiger partial charge in [-0.2, -0.15) is 31.6 Å². The molecule has 0 unspecified atom stereocenters. The van der Waals surface area contributed by atoms with Crippen molar-refractivity contribution >= 4 is 0 Å². The minimum atomic E-state index is -0.376. The number of hydrogen-bond donors (Lipinski definition) is 0. The van der Waals surface area contributed by atoms with Gasteiger partial charge in [0, 0.05) is 38.5 Å². The first kappa shape index (κ1) is 68.5. The molecule has 0 spiro atoms. The highest BCUT2D eigenvalue weighted by molar-refractivity contribution is 5.62. The van der Waals surface area contributed by atoms with Crippen molar-refractivity contribution in [1.29, 1.82) is 31.6 Å². The molecule has 1 aliphatic carbocycles. The van der Waals surface area contributed by atoms with E-state index in [1.165, 1.54) is 0 Å². The Morgan fingerprint density at radius 1 is 0.222 bits per heavy atom. The van der Waals surface area contributed by atoms with E-state index in [0.29, 0.717) is 34.5 Å². The third-order valence-corrected chi connectivity index (χ3v) is 16.6. The maximum Gasteiger partial charge on any atom is 0.174 e. The first-order chi connectivity index (χ1) is 42.1. The van der Waals surface area contributed by atoms with Crippen LogP contribution in [0.1, 0.15) is 225 Å². The van der Waals surface area contributed by atoms with Crippen LogP contribution < -0.4 is 28.4 Å². The maximum absolute atomic E-state index is 10.3. The van der Waals surface area contributed by atoms with Gasteiger partial charge in [0.25, 0.3) is 0 Å². The summed E-state index contributed by atoms with van der Waals surface area (Å²) in [7, 11) is 0. The van der Waals surface area contributed by atoms with Gasteiger partial charge in [-0.1, -0.05) is 197 Å². The second-order valence-electron chi connectivity index (χ2n) is 30.0. The van der Waals surface area contributed by atoms with Crippen molar-refractivity contribution in [1.82, 2.24) is 0 Å². The smallest absolute Gasteiger partial charge is 0.174 e. The fraction of sp³-hybridized carbons (Fsp3) is 0.462. The van der Waals surface area contributed by atoms with Crippen LogP contribution >= 0.6 is 0 Å². The summed E-state index contributed by atoms with van der Waals surface area (Å²) in [5.74, 6) is 3.18. The molecule has 0 N–H and O–H groups in total. The first-order valence-corrected chi connectivity index (χ1v) is 31.1. The van der Waals surface area contributed by atoms with Crippen LogP contribution in [0.4, 0.5) is 0 Å². The summed E-state index contributed by atoms with van der Waals surface area (Å²) in [5.41, 5.74) is 13.5. The molecule has 0 aliphatic heterocycles. The summed E-state index contributed by atoms with van der Waals surface area (Å²) in [6.45, 7) is 37.6. The minimum Gasteiger partial charge on any atom is -0.478 e. The van der Waals surface area contributed by atoms with Crippen molar-refractivity contribution in [3.63, 3.8) is 0 Å². The third kappa shape index (κ3) is 16.5. The molecule has 12 bridgehead atoms. The van der Waals surface area contributed by atoms with Crippen molar-refractivity contribution in [2.24, 2.45) is 0 Å². The van der Waals surface area contributed by atoms with E-state index >= 15 is 0 Å². The molecule has 1 aliphatic rings. The lowest BCUT2D eigenvalue weighted by molar-refractivity contribution is 0.351. The van der Waals surface area contributed by atoms with E-state index in [0.717, 1.165) is 100 Å². The van der Waals surface area contributed by atoms with Crippen molar-refractivity contribution in [2.75, 3.05) is 39.6 Å². The van der Waals surface area contributed by atoms with Crippen LogP contribution in [0.2, 0.25) is 0 Å². The van der Waals surface area contributed by atoms with E-state index < -0.39 is 0 Å². The van der Waals surface area contributed by atoms with E-state index in [1.807, 2.05) is 0 Å². The molecule has 6 aromatic carbocycles. The van der Waals surface area contributed by atoms with E-state index in [1.54, 1.807) is 0 Å². The van der Waals surface area contributed by atoms with Gasteiger partial charge in [0.05, 0.1) is 0 Å². The van der Waals surface area contributed by atoms with Gasteiger partial charge in [-0.3, -0.25) is 0 Å². The number of nitriles is 6. The van der Waals surface area contributed by atoms with Crippen LogP contribution in [0, 0.1) is 68.0 Å². The zero-order valence-electron chi connectivity index (χ0n) is 56.5. The Kier molecular flexibility index (Phi) is 20.9. The maximum atomic E-state index is 10.3. The highest BCUT2D eigenvalue weighted by Gasteiger charge is 2.32. The zero-order valence-corrected chi connectivity index (χ0v) is 56.5. The van der Waals surface area contributed by atoms with E-state index in [9.17, 15) is 31.6 Å². The van der Waals surface area contributed by atoms with Crippen LogP contribution in [-0.2, 0) is 71.0 Å². The van der Waals surface area contributed by atoms with Gasteiger partial charge >= 0.3 is 0 Å². The van der Waals surface area contributed by atoms with Crippen molar-refractivity contribution in [2.45, 2.75) is 196 Å². The fourth-order valence-electron chi connectivity index (χ4n) is 11.7. The lowest BCUT2D eigenvalue weighted by Crippen LogP contribution is -2.18. The van der Waals surface area contributed by atoms with Crippen molar-refractivity contribution in [3.05, 3.63) is 173 Å². The molecular formula is C78H90N6O6. The van der Waals surface area contributed by atoms with Crippen molar-refractivity contribution < 1.29 is 28.4 Å². The van der Waals surface area contributed by atoms with Gasteiger partial charge in [-0.25, -0.2) is 0 Å². The molecule has 468 valence electrons. The molecule has 0 aromatic heterocycles. The SMILES string of the molecule is CC(C)(C)c1cc2c(OCC#N)c(c1)Cc1cc(C(C)(C)C)cc(c1OCC#N)Cc1cc(C(C)(C)C)cc(c1OCC#N)Cc1cc(C(C)(C)C)cc(c1OCC#N)Cc1cc(C(C)(C)C)cc(c1OCC#N)Cc1cc(C(C)(C)C)cc(c1OCC#N)C2. The Morgan fingerprint density at radius 3 is 0.400 bits per heavy atom. The van der Waals surface area contributed by atoms with Gasteiger partial charge in [-0.05, 0) is 133 Å². The number of ether oxygens (including phenoxy) is 6. The summed E-state index contributed by atoms with van der Waals surface area (Å²) in [4.78, 5) is 0. The molecule has 12 heteroatoms. The Hall–Kier alpha value is -8.94. The number of nitrogens with zero attached hydrogens (tertiary/aromatic N) is 6. The Labute approximate surface area is 536 Å². The zero-order chi connectivity index (χ0) is 66.3. The summed E-state index contributed by atoms with van der Waals surface area (Å²) in [6, 6.07) is 39.4. The molecule has 6 aromatic rings. The number of fused-ring (bicyclic) bond motifs is 12. The monoisotopic (exact) mass is 1210 g/mol. The molecule has 12 nitrogen and oxygen atoms in total. The highest BCUT2D eigenvalue weighted by atomic mass is 16.5. The summed E-state index contributed by atoms with van der Waals surface area (Å²) in [5, 5.41) is 62.0. The summed E-state index contributed by atoms with van der Waals surface area (Å²) < 4.78 is 40.2. The standard InChI is InChI=1S/C78H90N6O6/c1-73(2,3)61-37-49-31-51-39-62(74(4,5)6)41-53(68(51)86-26-20-80)33-55-43-64(76(10,11)12)45-57(70(55)88-28-22-82)35-59-47-66(78(16,17)18)48-60(72(59)90-30-24-84)36-58-46-65(77(13,14)15)44-56(71(58)89-29-23-83)34-54-42-63(75(7,8)9)40-52(69(54)87-27-21-81)32-50(38-61)67(49)85-25-19-79/h37-48H,25-36H2,1-18H3. The Balaban J connectivity index is 1.75. The lowest BCUT2D eigenvalue weighted by atomic mass is 9.79. The Morgan fingerprint density at radius 2 is 0.322 bits per heavy atom. The average molecular weight is 1210 g/mol. The molecule has 0 saturated carbocycles. The minimum absolute atomic E-state index is 0.242. The quantitative estimate of drug-likeness (QED) is 0.112. The van der Waals surface area contributed by atoms with Gasteiger partial charge in [0.15, 0.2) is 39.6 Å². The van der Waals surface area contributed by atoms with E-state index in [4.69, 9.17) is 28.4 Å². The largest absolute Gasteiger partial charge is 0.478 e. The molecular weight excluding hydrogens is 1120 g/mol. The number of rotatable bonds is 12. The molecule has 90 heavy (non-hydrogen) atoms. The number of hydrogen-bond acceptors (Lipinski definition) is 12. The average Bonchev–Trinajstić information content (AvgIpc) is 0.793. The molecule has 0 saturated heterocycles. The fourth-order valence-corrected chi connectivity index (χ4v) is 11.7. The highest BCUT2D eigenvalue weighted by Crippen LogP contribution is 2.46. The van der Waals surface area contributed by atoms with Crippen LogP contribution in [-0.4, -0.2) is 39.6 Å². The van der Waals surface area contributed by atoms with Gasteiger partial charge in [-0.15, -0.1) is 0 Å². The molecule has 0 heterocycles. The molecule has 0 atom stereocenters. The van der Waals surface area contributed by atoms with Crippen LogP contribution in [0.3, 0.4) is 0 Å². The van der Waals surface area contributed by atoms with Crippen LogP contribution in [0.5, 0.6) is 34.5 Å². The third-order valence-electron chi connectivity index (χ3n) is 16.6. The first-order valence-electron chi connectivity index (χ1n) is 31.1. The summed E-state index contributed by atoms with van der Waals surface area (Å²) >= 11 is 0. The topological polar surface area (TPSA) is 198 Å². The predicted octanol–water partition coefficient (Wildman–Crippen LogP) is 16.7. The van der Waals surface area contributed by atoms with Gasteiger partial charge in [0.2, 0.25) is 0 Å².